The van der Waals surface area contributed by atoms with Crippen LogP contribution in [0, 0.1) is 0 Å². The number of likely N-dealkylation sites (N-methyl/N-ethyl adjacent to an activating group) is 1. The normalized spacial score (nSPS) is 12.6. The van der Waals surface area contributed by atoms with Gasteiger partial charge in [0.15, 0.2) is 0 Å². The SMILES string of the molecule is C=C1CCCc2ccccc2N1CCN(C)CCCCNc1ccnc2cc(Cl)ccc12.C=CCC.CC. The van der Waals surface area contributed by atoms with Gasteiger partial charge < -0.3 is 15.1 Å². The van der Waals surface area contributed by atoms with Crippen LogP contribution < -0.4 is 10.2 Å². The Labute approximate surface area is 236 Å². The van der Waals surface area contributed by atoms with E-state index in [2.05, 4.69) is 71.5 Å². The monoisotopic (exact) mass is 534 g/mol. The van der Waals surface area contributed by atoms with Gasteiger partial charge in [0.1, 0.15) is 0 Å². The predicted molar refractivity (Wildman–Crippen MR) is 170 cm³/mol. The van der Waals surface area contributed by atoms with Crippen molar-refractivity contribution in [3.63, 3.8) is 0 Å². The number of para-hydroxylation sites is 1. The molecule has 1 N–H and O–H groups in total. The summed E-state index contributed by atoms with van der Waals surface area (Å²) in [4.78, 5) is 9.28. The standard InChI is InChI=1S/C27H33ClN4.C4H8.C2H6/c1-21-8-7-10-22-9-3-4-11-27(22)32(21)19-18-31(2)17-6-5-15-29-25-14-16-30-26-20-23(28)12-13-24(25)26;1-3-4-2;1-2/h3-4,9,11-14,16,20H,1,5-8,10,15,17-19H2,2H3,(H,29,30);3H,1,4H2,2H3;1-2H3. The van der Waals surface area contributed by atoms with Crippen LogP contribution in [0.3, 0.4) is 0 Å². The lowest BCUT2D eigenvalue weighted by Crippen LogP contribution is -2.33. The number of aryl methyl sites for hydroxylation is 1. The van der Waals surface area contributed by atoms with Crippen molar-refractivity contribution in [3.8, 4) is 0 Å². The molecule has 1 aliphatic heterocycles. The molecule has 0 saturated heterocycles. The minimum atomic E-state index is 0.720. The number of rotatable bonds is 10. The van der Waals surface area contributed by atoms with Gasteiger partial charge in [-0.25, -0.2) is 0 Å². The zero-order chi connectivity index (χ0) is 27.8. The Morgan fingerprint density at radius 3 is 2.61 bits per heavy atom. The fraction of sp³-hybridized carbons (Fsp3) is 0.424. The fourth-order valence-corrected chi connectivity index (χ4v) is 4.61. The van der Waals surface area contributed by atoms with Gasteiger partial charge in [-0.15, -0.1) is 6.58 Å². The molecule has 0 spiro atoms. The van der Waals surface area contributed by atoms with Crippen molar-refractivity contribution in [3.05, 3.63) is 90.2 Å². The average molecular weight is 535 g/mol. The van der Waals surface area contributed by atoms with E-state index in [1.165, 1.54) is 23.4 Å². The molecule has 0 atom stereocenters. The van der Waals surface area contributed by atoms with Gasteiger partial charge in [-0.2, -0.15) is 0 Å². The van der Waals surface area contributed by atoms with E-state index in [-0.39, 0.29) is 0 Å². The van der Waals surface area contributed by atoms with Crippen molar-refractivity contribution in [2.75, 3.05) is 43.4 Å². The molecule has 0 saturated carbocycles. The van der Waals surface area contributed by atoms with E-state index in [1.807, 2.05) is 50.4 Å². The molecule has 0 unspecified atom stereocenters. The number of pyridine rings is 1. The summed E-state index contributed by atoms with van der Waals surface area (Å²) in [5, 5.41) is 5.40. The molecule has 5 heteroatoms. The Hall–Kier alpha value is -2.82. The number of aromatic nitrogens is 1. The maximum Gasteiger partial charge on any atom is 0.0737 e. The molecule has 0 radical (unpaired) electrons. The van der Waals surface area contributed by atoms with Gasteiger partial charge in [-0.3, -0.25) is 4.98 Å². The number of benzene rings is 2. The van der Waals surface area contributed by atoms with Crippen LogP contribution in [0.4, 0.5) is 11.4 Å². The molecule has 1 aromatic heterocycles. The van der Waals surface area contributed by atoms with E-state index in [0.29, 0.717) is 0 Å². The zero-order valence-corrected chi connectivity index (χ0v) is 24.7. The Balaban J connectivity index is 0.000000773. The second-order valence-corrected chi connectivity index (χ2v) is 9.79. The second kappa shape index (κ2) is 17.6. The van der Waals surface area contributed by atoms with Crippen LogP contribution in [-0.4, -0.2) is 43.1 Å². The van der Waals surface area contributed by atoms with Crippen molar-refractivity contribution >= 4 is 33.9 Å². The van der Waals surface area contributed by atoms with Crippen LogP contribution in [0.1, 0.15) is 58.4 Å². The molecule has 4 rings (SSSR count). The van der Waals surface area contributed by atoms with Crippen molar-refractivity contribution < 1.29 is 0 Å². The lowest BCUT2D eigenvalue weighted by atomic mass is 10.1. The molecule has 0 bridgehead atoms. The molecule has 1 aliphatic rings. The molecule has 0 aliphatic carbocycles. The largest absolute Gasteiger partial charge is 0.384 e. The van der Waals surface area contributed by atoms with E-state index in [1.54, 1.807) is 0 Å². The van der Waals surface area contributed by atoms with E-state index >= 15 is 0 Å². The molecule has 0 fully saturated rings. The maximum atomic E-state index is 6.09. The van der Waals surface area contributed by atoms with Gasteiger partial charge in [-0.05, 0) is 88.0 Å². The summed E-state index contributed by atoms with van der Waals surface area (Å²) in [5.41, 5.74) is 6.10. The third-order valence-electron chi connectivity index (χ3n) is 6.56. The third-order valence-corrected chi connectivity index (χ3v) is 6.79. The number of anilines is 2. The van der Waals surface area contributed by atoms with Gasteiger partial charge in [-0.1, -0.05) is 63.2 Å². The van der Waals surface area contributed by atoms with Crippen molar-refractivity contribution in [2.24, 2.45) is 0 Å². The number of nitrogens with zero attached hydrogens (tertiary/aromatic N) is 3. The van der Waals surface area contributed by atoms with Crippen molar-refractivity contribution in [1.82, 2.24) is 9.88 Å². The molecular formula is C33H47ClN4. The first-order valence-corrected chi connectivity index (χ1v) is 14.5. The van der Waals surface area contributed by atoms with Crippen LogP contribution in [0.15, 0.2) is 79.7 Å². The minimum absolute atomic E-state index is 0.720. The highest BCUT2D eigenvalue weighted by Crippen LogP contribution is 2.30. The summed E-state index contributed by atoms with van der Waals surface area (Å²) in [6, 6.07) is 16.7. The Morgan fingerprint density at radius 2 is 1.84 bits per heavy atom. The number of hydrogen-bond donors (Lipinski definition) is 1. The van der Waals surface area contributed by atoms with E-state index in [4.69, 9.17) is 11.6 Å². The summed E-state index contributed by atoms with van der Waals surface area (Å²) in [6.45, 7) is 18.0. The highest BCUT2D eigenvalue weighted by Gasteiger charge is 2.18. The Morgan fingerprint density at radius 1 is 1.08 bits per heavy atom. The predicted octanol–water partition coefficient (Wildman–Crippen LogP) is 8.98. The fourth-order valence-electron chi connectivity index (χ4n) is 4.44. The number of fused-ring (bicyclic) bond motifs is 2. The number of unbranched alkanes of at least 4 members (excludes halogenated alkanes) is 1. The van der Waals surface area contributed by atoms with Gasteiger partial charge in [0, 0.05) is 53.3 Å². The highest BCUT2D eigenvalue weighted by atomic mass is 35.5. The lowest BCUT2D eigenvalue weighted by molar-refractivity contribution is 0.334. The maximum absolute atomic E-state index is 6.09. The average Bonchev–Trinajstić information content (AvgIpc) is 3.10. The number of allylic oxidation sites excluding steroid dienone is 2. The second-order valence-electron chi connectivity index (χ2n) is 9.35. The quantitative estimate of drug-likeness (QED) is 0.208. The number of halogens is 1. The summed E-state index contributed by atoms with van der Waals surface area (Å²) in [5.74, 6) is 0. The molecule has 2 aromatic carbocycles. The first-order valence-electron chi connectivity index (χ1n) is 14.1. The van der Waals surface area contributed by atoms with Gasteiger partial charge >= 0.3 is 0 Å². The summed E-state index contributed by atoms with van der Waals surface area (Å²) in [6.07, 6.45) is 10.5. The first-order chi connectivity index (χ1) is 18.5. The molecule has 4 nitrogen and oxygen atoms in total. The molecule has 38 heavy (non-hydrogen) atoms. The summed E-state index contributed by atoms with van der Waals surface area (Å²) in [7, 11) is 2.22. The number of nitrogens with one attached hydrogen (secondary N) is 1. The Bertz CT molecular complexity index is 1130. The van der Waals surface area contributed by atoms with Crippen molar-refractivity contribution in [2.45, 2.75) is 59.3 Å². The smallest absolute Gasteiger partial charge is 0.0737 e. The highest BCUT2D eigenvalue weighted by molar-refractivity contribution is 6.31. The van der Waals surface area contributed by atoms with Gasteiger partial charge in [0.25, 0.3) is 0 Å². The van der Waals surface area contributed by atoms with E-state index in [9.17, 15) is 0 Å². The van der Waals surface area contributed by atoms with Gasteiger partial charge in [0.05, 0.1) is 5.52 Å². The third kappa shape index (κ3) is 9.81. The van der Waals surface area contributed by atoms with Crippen molar-refractivity contribution in [1.29, 1.82) is 0 Å². The lowest BCUT2D eigenvalue weighted by Gasteiger charge is -2.29. The topological polar surface area (TPSA) is 31.4 Å². The Kier molecular flexibility index (Phi) is 14.6. The zero-order valence-electron chi connectivity index (χ0n) is 24.0. The molecule has 206 valence electrons. The van der Waals surface area contributed by atoms with E-state index in [0.717, 1.165) is 79.9 Å². The van der Waals surface area contributed by atoms with Gasteiger partial charge in [0.2, 0.25) is 0 Å². The summed E-state index contributed by atoms with van der Waals surface area (Å²) < 4.78 is 0. The molecule has 0 amide bonds. The summed E-state index contributed by atoms with van der Waals surface area (Å²) >= 11 is 6.09. The van der Waals surface area contributed by atoms with E-state index < -0.39 is 0 Å². The van der Waals surface area contributed by atoms with Crippen LogP contribution in [-0.2, 0) is 6.42 Å². The van der Waals surface area contributed by atoms with Crippen LogP contribution in [0.25, 0.3) is 10.9 Å². The molecule has 2 heterocycles. The minimum Gasteiger partial charge on any atom is -0.384 e. The number of hydrogen-bond acceptors (Lipinski definition) is 4. The first kappa shape index (κ1) is 31.4. The van der Waals surface area contributed by atoms with Crippen LogP contribution in [0.5, 0.6) is 0 Å². The van der Waals surface area contributed by atoms with Crippen LogP contribution in [0.2, 0.25) is 5.02 Å². The molecule has 3 aromatic rings. The molecular weight excluding hydrogens is 488 g/mol. The van der Waals surface area contributed by atoms with Crippen LogP contribution >= 0.6 is 11.6 Å².